The van der Waals surface area contributed by atoms with E-state index in [1.807, 2.05) is 30.3 Å². The number of nitrogens with one attached hydrogen (secondary N) is 2. The van der Waals surface area contributed by atoms with Gasteiger partial charge in [0.25, 0.3) is 5.91 Å². The molecule has 0 unspecified atom stereocenters. The number of H-pyrrole nitrogens is 1. The van der Waals surface area contributed by atoms with E-state index < -0.39 is 5.97 Å². The first-order valence-corrected chi connectivity index (χ1v) is 11.7. The van der Waals surface area contributed by atoms with Crippen molar-refractivity contribution in [1.29, 1.82) is 0 Å². The molecular weight excluding hydrogens is 471 g/mol. The molecule has 0 aliphatic heterocycles. The average molecular weight is 495 g/mol. The van der Waals surface area contributed by atoms with Gasteiger partial charge in [-0.2, -0.15) is 0 Å². The highest BCUT2D eigenvalue weighted by atomic mass is 19.1. The number of ether oxygens (including phenoxy) is 1. The van der Waals surface area contributed by atoms with E-state index in [4.69, 9.17) is 4.74 Å². The minimum absolute atomic E-state index is 0.240. The molecule has 0 saturated heterocycles. The molecule has 184 valence electrons. The summed E-state index contributed by atoms with van der Waals surface area (Å²) < 4.78 is 18.0. The number of aromatic amines is 1. The molecule has 2 heterocycles. The molecule has 0 bridgehead atoms. The summed E-state index contributed by atoms with van der Waals surface area (Å²) in [5.41, 5.74) is 3.34. The van der Waals surface area contributed by atoms with Crippen LogP contribution in [0.1, 0.15) is 26.3 Å². The van der Waals surface area contributed by atoms with Crippen molar-refractivity contribution < 1.29 is 18.7 Å². The average Bonchev–Trinajstić information content (AvgIpc) is 3.43. The Morgan fingerprint density at radius 1 is 0.919 bits per heavy atom. The molecule has 0 atom stereocenters. The summed E-state index contributed by atoms with van der Waals surface area (Å²) in [5.74, 6) is -0.643. The monoisotopic (exact) mass is 494 g/mol. The fourth-order valence-corrected chi connectivity index (χ4v) is 4.03. The number of carbonyl (C=O) groups excluding carboxylic acids is 2. The number of halogens is 1. The summed E-state index contributed by atoms with van der Waals surface area (Å²) in [7, 11) is 1.29. The first-order chi connectivity index (χ1) is 18.0. The van der Waals surface area contributed by atoms with Gasteiger partial charge in [-0.25, -0.2) is 14.2 Å². The number of hydrogen-bond donors (Lipinski definition) is 2. The molecule has 2 aromatic heterocycles. The number of rotatable bonds is 7. The van der Waals surface area contributed by atoms with Gasteiger partial charge in [0.15, 0.2) is 5.82 Å². The van der Waals surface area contributed by atoms with Gasteiger partial charge in [-0.05, 0) is 53.8 Å². The van der Waals surface area contributed by atoms with Crippen LogP contribution in [0.15, 0.2) is 85.2 Å². The summed E-state index contributed by atoms with van der Waals surface area (Å²) in [4.78, 5) is 37.5. The van der Waals surface area contributed by atoms with E-state index in [0.29, 0.717) is 41.3 Å². The normalized spacial score (nSPS) is 10.9. The van der Waals surface area contributed by atoms with E-state index in [-0.39, 0.29) is 17.3 Å². The maximum Gasteiger partial charge on any atom is 0.337 e. The molecule has 7 nitrogen and oxygen atoms in total. The Balaban J connectivity index is 1.39. The molecule has 3 aromatic carbocycles. The van der Waals surface area contributed by atoms with Gasteiger partial charge in [0.05, 0.1) is 24.6 Å². The molecular formula is C29H23FN4O3. The Kier molecular flexibility index (Phi) is 6.72. The number of imidazole rings is 1. The smallest absolute Gasteiger partial charge is 0.337 e. The summed E-state index contributed by atoms with van der Waals surface area (Å²) in [6.45, 7) is 0.351. The van der Waals surface area contributed by atoms with E-state index in [9.17, 15) is 14.0 Å². The number of carbonyl (C=O) groups is 2. The quantitative estimate of drug-likeness (QED) is 0.304. The molecule has 0 aliphatic carbocycles. The fraction of sp³-hybridized carbons (Fsp3) is 0.103. The summed E-state index contributed by atoms with van der Waals surface area (Å²) in [5, 5.41) is 4.92. The van der Waals surface area contributed by atoms with Gasteiger partial charge >= 0.3 is 5.97 Å². The van der Waals surface area contributed by atoms with Crippen LogP contribution in [0.25, 0.3) is 33.5 Å². The van der Waals surface area contributed by atoms with Crippen LogP contribution in [0.5, 0.6) is 0 Å². The van der Waals surface area contributed by atoms with E-state index in [2.05, 4.69) is 20.3 Å². The molecule has 37 heavy (non-hydrogen) atoms. The van der Waals surface area contributed by atoms with Crippen LogP contribution < -0.4 is 5.32 Å². The number of nitrogens with zero attached hydrogens (tertiary/aromatic N) is 2. The number of hydrogen-bond acceptors (Lipinski definition) is 5. The zero-order valence-electron chi connectivity index (χ0n) is 20.0. The minimum atomic E-state index is -0.557. The second-order valence-electron chi connectivity index (χ2n) is 8.49. The molecule has 2 N–H and O–H groups in total. The number of benzene rings is 3. The lowest BCUT2D eigenvalue weighted by molar-refractivity contribution is 0.0600. The van der Waals surface area contributed by atoms with Gasteiger partial charge in [0.1, 0.15) is 11.5 Å². The number of pyridine rings is 1. The number of amides is 1. The molecule has 0 saturated carbocycles. The summed E-state index contributed by atoms with van der Waals surface area (Å²) >= 11 is 0. The maximum atomic E-state index is 13.1. The van der Waals surface area contributed by atoms with Crippen LogP contribution in [0.4, 0.5) is 4.39 Å². The molecule has 5 aromatic rings. The molecule has 1 amide bonds. The van der Waals surface area contributed by atoms with Crippen molar-refractivity contribution in [3.05, 3.63) is 108 Å². The van der Waals surface area contributed by atoms with Crippen LogP contribution in [-0.4, -0.2) is 40.5 Å². The van der Waals surface area contributed by atoms with Gasteiger partial charge in [-0.15, -0.1) is 0 Å². The predicted octanol–water partition coefficient (Wildman–Crippen LogP) is 5.19. The zero-order valence-corrected chi connectivity index (χ0v) is 20.0. The third-order valence-corrected chi connectivity index (χ3v) is 5.99. The Labute approximate surface area is 212 Å². The standard InChI is InChI=1S/C29H23FN4O3/c1-37-29(36)23-13-21(12-22(14-23)28(35)31-11-10-18-6-8-24(30)9-7-18)26-17-33-27(34-26)25-15-19-4-2-3-5-20(19)16-32-25/h2-9,12-17H,10-11H2,1H3,(H,31,35)(H,33,34). The highest BCUT2D eigenvalue weighted by Crippen LogP contribution is 2.25. The van der Waals surface area contributed by atoms with Crippen LogP contribution in [0.3, 0.4) is 0 Å². The van der Waals surface area contributed by atoms with Crippen molar-refractivity contribution in [3.8, 4) is 22.8 Å². The van der Waals surface area contributed by atoms with Gasteiger partial charge in [0.2, 0.25) is 0 Å². The van der Waals surface area contributed by atoms with E-state index >= 15 is 0 Å². The van der Waals surface area contributed by atoms with Crippen molar-refractivity contribution in [1.82, 2.24) is 20.3 Å². The van der Waals surface area contributed by atoms with Gasteiger partial charge in [-0.3, -0.25) is 9.78 Å². The van der Waals surface area contributed by atoms with Gasteiger partial charge < -0.3 is 15.0 Å². The fourth-order valence-electron chi connectivity index (χ4n) is 4.03. The highest BCUT2D eigenvalue weighted by Gasteiger charge is 2.16. The molecule has 0 radical (unpaired) electrons. The molecule has 0 spiro atoms. The molecule has 8 heteroatoms. The second-order valence-corrected chi connectivity index (χ2v) is 8.49. The maximum absolute atomic E-state index is 13.1. The second kappa shape index (κ2) is 10.4. The van der Waals surface area contributed by atoms with Gasteiger partial charge in [0, 0.05) is 29.3 Å². The van der Waals surface area contributed by atoms with E-state index in [0.717, 1.165) is 16.3 Å². The molecule has 0 aliphatic rings. The Hall–Kier alpha value is -4.85. The van der Waals surface area contributed by atoms with Crippen LogP contribution in [-0.2, 0) is 11.2 Å². The lowest BCUT2D eigenvalue weighted by Gasteiger charge is -2.09. The van der Waals surface area contributed by atoms with Crippen LogP contribution >= 0.6 is 0 Å². The van der Waals surface area contributed by atoms with Crippen molar-refractivity contribution >= 4 is 22.6 Å². The first-order valence-electron chi connectivity index (χ1n) is 11.7. The lowest BCUT2D eigenvalue weighted by Crippen LogP contribution is -2.26. The third kappa shape index (κ3) is 5.38. The van der Waals surface area contributed by atoms with Crippen molar-refractivity contribution in [2.75, 3.05) is 13.7 Å². The summed E-state index contributed by atoms with van der Waals surface area (Å²) in [6, 6.07) is 20.8. The SMILES string of the molecule is COC(=O)c1cc(C(=O)NCCc2ccc(F)cc2)cc(-c2cnc(-c3cc4ccccc4cn3)[nH]2)c1. The van der Waals surface area contributed by atoms with Crippen molar-refractivity contribution in [2.24, 2.45) is 0 Å². The largest absolute Gasteiger partial charge is 0.465 e. The molecule has 5 rings (SSSR count). The minimum Gasteiger partial charge on any atom is -0.465 e. The van der Waals surface area contributed by atoms with E-state index in [1.54, 1.807) is 36.7 Å². The van der Waals surface area contributed by atoms with Gasteiger partial charge in [-0.1, -0.05) is 36.4 Å². The third-order valence-electron chi connectivity index (χ3n) is 5.99. The number of methoxy groups -OCH3 is 1. The number of fused-ring (bicyclic) bond motifs is 1. The Bertz CT molecular complexity index is 1590. The van der Waals surface area contributed by atoms with Crippen molar-refractivity contribution in [3.63, 3.8) is 0 Å². The van der Waals surface area contributed by atoms with Crippen LogP contribution in [0, 0.1) is 5.82 Å². The first kappa shape index (κ1) is 23.9. The number of aromatic nitrogens is 3. The predicted molar refractivity (Wildman–Crippen MR) is 139 cm³/mol. The highest BCUT2D eigenvalue weighted by molar-refractivity contribution is 5.99. The van der Waals surface area contributed by atoms with Crippen LogP contribution in [0.2, 0.25) is 0 Å². The van der Waals surface area contributed by atoms with E-state index in [1.165, 1.54) is 25.3 Å². The van der Waals surface area contributed by atoms with Crippen molar-refractivity contribution in [2.45, 2.75) is 6.42 Å². The summed E-state index contributed by atoms with van der Waals surface area (Å²) in [6.07, 6.45) is 3.97. The topological polar surface area (TPSA) is 97.0 Å². The molecule has 0 fully saturated rings. The zero-order chi connectivity index (χ0) is 25.8. The number of esters is 1. The Morgan fingerprint density at radius 3 is 2.46 bits per heavy atom. The lowest BCUT2D eigenvalue weighted by atomic mass is 10.0. The Morgan fingerprint density at radius 2 is 1.68 bits per heavy atom.